The van der Waals surface area contributed by atoms with Gasteiger partial charge in [0.2, 0.25) is 0 Å². The highest BCUT2D eigenvalue weighted by Gasteiger charge is 2.28. The van der Waals surface area contributed by atoms with Crippen LogP contribution < -0.4 is 5.32 Å². The van der Waals surface area contributed by atoms with E-state index in [4.69, 9.17) is 4.74 Å². The minimum atomic E-state index is 0.0000229. The Balaban J connectivity index is 1.60. The van der Waals surface area contributed by atoms with Crippen LogP contribution in [0.15, 0.2) is 35.2 Å². The van der Waals surface area contributed by atoms with E-state index in [1.807, 2.05) is 35.2 Å². The normalized spacial score (nSPS) is 20.6. The van der Waals surface area contributed by atoms with Gasteiger partial charge in [-0.2, -0.15) is 0 Å². The summed E-state index contributed by atoms with van der Waals surface area (Å²) in [4.78, 5) is 16.9. The molecule has 1 aliphatic heterocycles. The number of amides is 1. The van der Waals surface area contributed by atoms with E-state index in [9.17, 15) is 4.79 Å². The molecule has 134 valence electrons. The average molecular weight is 359 g/mol. The van der Waals surface area contributed by atoms with E-state index in [2.05, 4.69) is 24.1 Å². The molecule has 1 saturated heterocycles. The van der Waals surface area contributed by atoms with Crippen molar-refractivity contribution >= 4 is 17.2 Å². The number of benzene rings is 1. The van der Waals surface area contributed by atoms with Gasteiger partial charge in [0.1, 0.15) is 0 Å². The molecule has 0 radical (unpaired) electrons. The second-order valence-electron chi connectivity index (χ2n) is 6.63. The number of carbonyl (C=O) groups excluding carboxylic acids is 1. The van der Waals surface area contributed by atoms with Crippen molar-refractivity contribution in [2.75, 3.05) is 6.61 Å². The Kier molecular flexibility index (Phi) is 6.21. The molecule has 2 heterocycles. The summed E-state index contributed by atoms with van der Waals surface area (Å²) >= 11 is 1.57. The monoisotopic (exact) mass is 358 g/mol. The van der Waals surface area contributed by atoms with Gasteiger partial charge in [-0.25, -0.2) is 4.98 Å². The quantitative estimate of drug-likeness (QED) is 0.826. The van der Waals surface area contributed by atoms with E-state index < -0.39 is 0 Å². The minimum absolute atomic E-state index is 0.0000229. The van der Waals surface area contributed by atoms with Crippen molar-refractivity contribution in [3.63, 3.8) is 0 Å². The smallest absolute Gasteiger partial charge is 0.251 e. The first-order valence-corrected chi connectivity index (χ1v) is 10.1. The molecule has 5 heteroatoms. The van der Waals surface area contributed by atoms with E-state index in [1.54, 1.807) is 11.3 Å². The van der Waals surface area contributed by atoms with Crippen LogP contribution in [0.1, 0.15) is 49.9 Å². The van der Waals surface area contributed by atoms with Crippen molar-refractivity contribution in [2.24, 2.45) is 5.92 Å². The van der Waals surface area contributed by atoms with Gasteiger partial charge in [0, 0.05) is 29.2 Å². The first-order valence-electron chi connectivity index (χ1n) is 9.12. The van der Waals surface area contributed by atoms with Gasteiger partial charge in [0.15, 0.2) is 0 Å². The van der Waals surface area contributed by atoms with Crippen LogP contribution >= 0.6 is 11.3 Å². The van der Waals surface area contributed by atoms with Gasteiger partial charge < -0.3 is 10.1 Å². The third-order valence-corrected chi connectivity index (χ3v) is 5.69. The SMILES string of the molecule is CCC(CC)[C@H]1C[C@H](NC(=O)c2ccc(-c3cscn3)cc2)CCO1. The van der Waals surface area contributed by atoms with Crippen LogP contribution in [0.5, 0.6) is 0 Å². The highest BCUT2D eigenvalue weighted by atomic mass is 32.1. The molecule has 2 aromatic rings. The summed E-state index contributed by atoms with van der Waals surface area (Å²) in [6, 6.07) is 7.87. The third kappa shape index (κ3) is 4.47. The third-order valence-electron chi connectivity index (χ3n) is 5.10. The number of ether oxygens (including phenoxy) is 1. The Labute approximate surface area is 153 Å². The van der Waals surface area contributed by atoms with Crippen molar-refractivity contribution in [3.05, 3.63) is 40.7 Å². The summed E-state index contributed by atoms with van der Waals surface area (Å²) in [6.45, 7) is 5.15. The zero-order valence-electron chi connectivity index (χ0n) is 14.9. The van der Waals surface area contributed by atoms with Crippen LogP contribution in [0.25, 0.3) is 11.3 Å². The molecule has 1 aromatic heterocycles. The molecule has 1 aliphatic rings. The number of nitrogens with zero attached hydrogens (tertiary/aromatic N) is 1. The van der Waals surface area contributed by atoms with Crippen molar-refractivity contribution < 1.29 is 9.53 Å². The lowest BCUT2D eigenvalue weighted by atomic mass is 9.89. The molecule has 25 heavy (non-hydrogen) atoms. The maximum Gasteiger partial charge on any atom is 0.251 e. The van der Waals surface area contributed by atoms with E-state index in [0.717, 1.165) is 43.5 Å². The van der Waals surface area contributed by atoms with E-state index in [1.165, 1.54) is 0 Å². The zero-order chi connectivity index (χ0) is 17.6. The van der Waals surface area contributed by atoms with E-state index in [0.29, 0.717) is 11.5 Å². The van der Waals surface area contributed by atoms with Crippen LogP contribution in [0.3, 0.4) is 0 Å². The highest BCUT2D eigenvalue weighted by Crippen LogP contribution is 2.25. The number of hydrogen-bond donors (Lipinski definition) is 1. The van der Waals surface area contributed by atoms with Crippen LogP contribution in [-0.4, -0.2) is 29.6 Å². The number of rotatable bonds is 6. The first kappa shape index (κ1) is 18.1. The molecule has 1 fully saturated rings. The maximum atomic E-state index is 12.6. The topological polar surface area (TPSA) is 51.2 Å². The molecule has 3 rings (SSSR count). The molecule has 0 bridgehead atoms. The van der Waals surface area contributed by atoms with Crippen LogP contribution in [0.4, 0.5) is 0 Å². The summed E-state index contributed by atoms with van der Waals surface area (Å²) in [6.07, 6.45) is 4.31. The predicted molar refractivity (Wildman–Crippen MR) is 102 cm³/mol. The predicted octanol–water partition coefficient (Wildman–Crippen LogP) is 4.52. The molecule has 0 unspecified atom stereocenters. The highest BCUT2D eigenvalue weighted by molar-refractivity contribution is 7.07. The first-order chi connectivity index (χ1) is 12.2. The Morgan fingerprint density at radius 1 is 1.32 bits per heavy atom. The molecule has 2 atom stereocenters. The summed E-state index contributed by atoms with van der Waals surface area (Å²) < 4.78 is 5.94. The van der Waals surface area contributed by atoms with Crippen molar-refractivity contribution in [2.45, 2.75) is 51.7 Å². The molecular formula is C20H26N2O2S. The number of aromatic nitrogens is 1. The van der Waals surface area contributed by atoms with Gasteiger partial charge in [-0.3, -0.25) is 4.79 Å². The van der Waals surface area contributed by atoms with E-state index in [-0.39, 0.29) is 18.1 Å². The fourth-order valence-electron chi connectivity index (χ4n) is 3.52. The molecule has 1 amide bonds. The van der Waals surface area contributed by atoms with Crippen LogP contribution in [-0.2, 0) is 4.74 Å². The van der Waals surface area contributed by atoms with Gasteiger partial charge in [0.05, 0.1) is 17.3 Å². The standard InChI is InChI=1S/C20H26N2O2S/c1-3-14(4-2)19-11-17(9-10-24-19)22-20(23)16-7-5-15(6-8-16)18-12-25-13-21-18/h5-8,12-14,17,19H,3-4,9-11H2,1-2H3,(H,22,23)/t17-,19-/m1/s1. The largest absolute Gasteiger partial charge is 0.378 e. The van der Waals surface area contributed by atoms with E-state index >= 15 is 0 Å². The number of nitrogens with one attached hydrogen (secondary N) is 1. The Hall–Kier alpha value is -1.72. The van der Waals surface area contributed by atoms with Gasteiger partial charge in [-0.05, 0) is 30.9 Å². The van der Waals surface area contributed by atoms with Gasteiger partial charge >= 0.3 is 0 Å². The maximum absolute atomic E-state index is 12.6. The Bertz CT molecular complexity index is 666. The fraction of sp³-hybridized carbons (Fsp3) is 0.500. The number of carbonyl (C=O) groups is 1. The van der Waals surface area contributed by atoms with Gasteiger partial charge in [-0.15, -0.1) is 11.3 Å². The van der Waals surface area contributed by atoms with Crippen molar-refractivity contribution in [3.8, 4) is 11.3 Å². The summed E-state index contributed by atoms with van der Waals surface area (Å²) in [7, 11) is 0. The minimum Gasteiger partial charge on any atom is -0.378 e. The fourth-order valence-corrected chi connectivity index (χ4v) is 4.08. The second kappa shape index (κ2) is 8.59. The summed E-state index contributed by atoms with van der Waals surface area (Å²) in [5, 5.41) is 5.20. The lowest BCUT2D eigenvalue weighted by Crippen LogP contribution is -2.44. The summed E-state index contributed by atoms with van der Waals surface area (Å²) in [5.74, 6) is 0.581. The molecule has 0 spiro atoms. The van der Waals surface area contributed by atoms with Crippen molar-refractivity contribution in [1.82, 2.24) is 10.3 Å². The summed E-state index contributed by atoms with van der Waals surface area (Å²) in [5.41, 5.74) is 4.51. The van der Waals surface area contributed by atoms with Crippen molar-refractivity contribution in [1.29, 1.82) is 0 Å². The molecule has 1 N–H and O–H groups in total. The van der Waals surface area contributed by atoms with Gasteiger partial charge in [-0.1, -0.05) is 38.8 Å². The molecule has 0 saturated carbocycles. The molecule has 0 aliphatic carbocycles. The lowest BCUT2D eigenvalue weighted by Gasteiger charge is -2.34. The molecule has 1 aromatic carbocycles. The average Bonchev–Trinajstić information content (AvgIpc) is 3.18. The Morgan fingerprint density at radius 3 is 2.72 bits per heavy atom. The second-order valence-corrected chi connectivity index (χ2v) is 7.35. The zero-order valence-corrected chi connectivity index (χ0v) is 15.7. The Morgan fingerprint density at radius 2 is 2.08 bits per heavy atom. The lowest BCUT2D eigenvalue weighted by molar-refractivity contribution is -0.0337. The molecular weight excluding hydrogens is 332 g/mol. The van der Waals surface area contributed by atoms with Crippen LogP contribution in [0, 0.1) is 5.92 Å². The van der Waals surface area contributed by atoms with Gasteiger partial charge in [0.25, 0.3) is 5.91 Å². The number of thiazole rings is 1. The van der Waals surface area contributed by atoms with Crippen LogP contribution in [0.2, 0.25) is 0 Å². The number of hydrogen-bond acceptors (Lipinski definition) is 4. The molecule has 4 nitrogen and oxygen atoms in total.